The molecule has 28 heavy (non-hydrogen) atoms. The van der Waals surface area contributed by atoms with Crippen molar-refractivity contribution in [1.82, 2.24) is 19.9 Å². The van der Waals surface area contributed by atoms with E-state index in [1.54, 1.807) is 6.92 Å². The minimum absolute atomic E-state index is 0.00680. The van der Waals surface area contributed by atoms with Crippen LogP contribution in [0.3, 0.4) is 0 Å². The van der Waals surface area contributed by atoms with Crippen molar-refractivity contribution in [2.45, 2.75) is 32.6 Å². The summed E-state index contributed by atoms with van der Waals surface area (Å²) in [6.45, 7) is 7.95. The summed E-state index contributed by atoms with van der Waals surface area (Å²) < 4.78 is 5.59. The van der Waals surface area contributed by atoms with E-state index >= 15 is 0 Å². The van der Waals surface area contributed by atoms with Crippen molar-refractivity contribution in [3.05, 3.63) is 47.6 Å². The minimum Gasteiger partial charge on any atom is -0.341 e. The summed E-state index contributed by atoms with van der Waals surface area (Å²) >= 11 is 0. The molecule has 0 bridgehead atoms. The van der Waals surface area contributed by atoms with Gasteiger partial charge in [-0.15, -0.1) is 0 Å². The predicted octanol–water partition coefficient (Wildman–Crippen LogP) is 2.28. The lowest BCUT2D eigenvalue weighted by molar-refractivity contribution is -0.137. The van der Waals surface area contributed by atoms with Gasteiger partial charge in [-0.2, -0.15) is 4.98 Å². The molecule has 2 aliphatic rings. The average molecular weight is 382 g/mol. The van der Waals surface area contributed by atoms with Crippen molar-refractivity contribution >= 4 is 11.8 Å². The lowest BCUT2D eigenvalue weighted by Crippen LogP contribution is -2.54. The van der Waals surface area contributed by atoms with Crippen LogP contribution in [0.1, 0.15) is 42.3 Å². The summed E-state index contributed by atoms with van der Waals surface area (Å²) in [5.74, 6) is 1.37. The van der Waals surface area contributed by atoms with E-state index in [9.17, 15) is 9.59 Å². The summed E-state index contributed by atoms with van der Waals surface area (Å²) in [4.78, 5) is 34.0. The second-order valence-electron chi connectivity index (χ2n) is 8.25. The third-order valence-electron chi connectivity index (χ3n) is 5.98. The number of carbonyl (C=O) groups is 2. The Hall–Kier alpha value is -2.70. The number of piperidine rings is 1. The molecule has 1 aromatic carbocycles. The number of nitrogens with zero attached hydrogens (tertiary/aromatic N) is 4. The molecule has 148 valence electrons. The van der Waals surface area contributed by atoms with Crippen molar-refractivity contribution in [2.75, 3.05) is 26.2 Å². The molecule has 3 heterocycles. The molecule has 2 fully saturated rings. The van der Waals surface area contributed by atoms with E-state index in [0.29, 0.717) is 43.5 Å². The van der Waals surface area contributed by atoms with Crippen LogP contribution in [0.5, 0.6) is 0 Å². The van der Waals surface area contributed by atoms with Gasteiger partial charge in [-0.3, -0.25) is 9.59 Å². The highest BCUT2D eigenvalue weighted by Crippen LogP contribution is 2.44. The Balaban J connectivity index is 1.67. The van der Waals surface area contributed by atoms with Gasteiger partial charge in [0.05, 0.1) is 5.41 Å². The zero-order valence-electron chi connectivity index (χ0n) is 16.6. The van der Waals surface area contributed by atoms with Crippen LogP contribution in [0.25, 0.3) is 0 Å². The Morgan fingerprint density at radius 3 is 2.54 bits per heavy atom. The van der Waals surface area contributed by atoms with Crippen molar-refractivity contribution in [3.63, 3.8) is 0 Å². The van der Waals surface area contributed by atoms with Gasteiger partial charge in [0, 0.05) is 37.7 Å². The van der Waals surface area contributed by atoms with E-state index in [1.807, 2.05) is 54.0 Å². The van der Waals surface area contributed by atoms with Gasteiger partial charge in [-0.05, 0) is 31.4 Å². The Morgan fingerprint density at radius 2 is 1.89 bits per heavy atom. The summed E-state index contributed by atoms with van der Waals surface area (Å²) in [6.07, 6.45) is 0.818. The summed E-state index contributed by atoms with van der Waals surface area (Å²) in [6, 6.07) is 9.32. The molecule has 2 aromatic rings. The van der Waals surface area contributed by atoms with Crippen molar-refractivity contribution < 1.29 is 14.1 Å². The SMILES string of the molecule is Cc1noc([C@@]23CN(C(=O)c4ccccc4)C[C@@H]2CCN(C(=O)C(C)C)C3)n1. The number of aryl methyl sites for hydroxylation is 1. The van der Waals surface area contributed by atoms with Gasteiger partial charge < -0.3 is 14.3 Å². The molecule has 7 heteroatoms. The largest absolute Gasteiger partial charge is 0.341 e. The third kappa shape index (κ3) is 3.08. The molecular weight excluding hydrogens is 356 g/mol. The zero-order chi connectivity index (χ0) is 19.9. The van der Waals surface area contributed by atoms with Gasteiger partial charge >= 0.3 is 0 Å². The molecule has 0 spiro atoms. The summed E-state index contributed by atoms with van der Waals surface area (Å²) in [7, 11) is 0. The van der Waals surface area contributed by atoms with E-state index in [-0.39, 0.29) is 23.7 Å². The van der Waals surface area contributed by atoms with Crippen molar-refractivity contribution in [2.24, 2.45) is 11.8 Å². The fourth-order valence-corrected chi connectivity index (χ4v) is 4.53. The first-order valence-corrected chi connectivity index (χ1v) is 9.84. The first-order valence-electron chi connectivity index (χ1n) is 9.84. The van der Waals surface area contributed by atoms with Crippen molar-refractivity contribution in [3.8, 4) is 0 Å². The van der Waals surface area contributed by atoms with Crippen LogP contribution in [0, 0.1) is 18.8 Å². The minimum atomic E-state index is -0.505. The number of hydrogen-bond donors (Lipinski definition) is 0. The Labute approximate surface area is 164 Å². The number of fused-ring (bicyclic) bond motifs is 1. The van der Waals surface area contributed by atoms with Crippen LogP contribution in [0.2, 0.25) is 0 Å². The highest BCUT2D eigenvalue weighted by Gasteiger charge is 2.56. The molecule has 0 aliphatic carbocycles. The fourth-order valence-electron chi connectivity index (χ4n) is 4.53. The van der Waals surface area contributed by atoms with E-state index < -0.39 is 5.41 Å². The van der Waals surface area contributed by atoms with Crippen LogP contribution < -0.4 is 0 Å². The quantitative estimate of drug-likeness (QED) is 0.814. The van der Waals surface area contributed by atoms with E-state index in [2.05, 4.69) is 10.1 Å². The van der Waals surface area contributed by atoms with Gasteiger partial charge in [0.2, 0.25) is 11.8 Å². The summed E-state index contributed by atoms with van der Waals surface area (Å²) in [5.41, 5.74) is 0.169. The van der Waals surface area contributed by atoms with Gasteiger partial charge in [-0.1, -0.05) is 37.2 Å². The standard InChI is InChI=1S/C21H26N4O3/c1-14(2)18(26)24-10-9-17-11-25(19(27)16-7-5-4-6-8-16)13-21(17,12-24)20-22-15(3)23-28-20/h4-8,14,17H,9-13H2,1-3H3/t17-,21-/m0/s1. The number of rotatable bonds is 3. The zero-order valence-corrected chi connectivity index (χ0v) is 16.6. The Bertz CT molecular complexity index is 879. The van der Waals surface area contributed by atoms with Gasteiger partial charge in [-0.25, -0.2) is 0 Å². The highest BCUT2D eigenvalue weighted by molar-refractivity contribution is 5.94. The lowest BCUT2D eigenvalue weighted by Gasteiger charge is -2.42. The molecule has 0 radical (unpaired) electrons. The van der Waals surface area contributed by atoms with Crippen LogP contribution in [-0.2, 0) is 10.2 Å². The first kappa shape index (κ1) is 18.7. The molecule has 2 saturated heterocycles. The van der Waals surface area contributed by atoms with Gasteiger partial charge in [0.1, 0.15) is 0 Å². The van der Waals surface area contributed by atoms with E-state index in [1.165, 1.54) is 0 Å². The maximum absolute atomic E-state index is 13.1. The molecular formula is C21H26N4O3. The molecule has 2 atom stereocenters. The number of hydrogen-bond acceptors (Lipinski definition) is 5. The van der Waals surface area contributed by atoms with E-state index in [0.717, 1.165) is 6.42 Å². The highest BCUT2D eigenvalue weighted by atomic mass is 16.5. The maximum atomic E-state index is 13.1. The molecule has 4 rings (SSSR count). The molecule has 2 amide bonds. The number of amides is 2. The molecule has 0 unspecified atom stereocenters. The topological polar surface area (TPSA) is 79.5 Å². The monoisotopic (exact) mass is 382 g/mol. The number of aromatic nitrogens is 2. The summed E-state index contributed by atoms with van der Waals surface area (Å²) in [5, 5.41) is 3.99. The van der Waals surface area contributed by atoms with Crippen molar-refractivity contribution in [1.29, 1.82) is 0 Å². The third-order valence-corrected chi connectivity index (χ3v) is 5.98. The predicted molar refractivity (Wildman–Crippen MR) is 103 cm³/mol. The average Bonchev–Trinajstić information content (AvgIpc) is 3.31. The molecule has 0 N–H and O–H groups in total. The van der Waals surface area contributed by atoms with Crippen LogP contribution in [0.15, 0.2) is 34.9 Å². The van der Waals surface area contributed by atoms with Crippen LogP contribution in [-0.4, -0.2) is 57.9 Å². The number of carbonyl (C=O) groups excluding carboxylic acids is 2. The van der Waals surface area contributed by atoms with Crippen LogP contribution in [0.4, 0.5) is 0 Å². The Morgan fingerprint density at radius 1 is 1.18 bits per heavy atom. The molecule has 7 nitrogen and oxygen atoms in total. The number of likely N-dealkylation sites (tertiary alicyclic amines) is 2. The first-order chi connectivity index (χ1) is 13.4. The fraction of sp³-hybridized carbons (Fsp3) is 0.524. The molecule has 1 aromatic heterocycles. The second kappa shape index (κ2) is 7.04. The smallest absolute Gasteiger partial charge is 0.253 e. The normalized spacial score (nSPS) is 24.5. The van der Waals surface area contributed by atoms with E-state index in [4.69, 9.17) is 4.52 Å². The lowest BCUT2D eigenvalue weighted by atomic mass is 9.73. The van der Waals surface area contributed by atoms with Crippen LogP contribution >= 0.6 is 0 Å². The van der Waals surface area contributed by atoms with Gasteiger partial charge in [0.15, 0.2) is 5.82 Å². The van der Waals surface area contributed by atoms with Gasteiger partial charge in [0.25, 0.3) is 5.91 Å². The molecule has 0 saturated carbocycles. The number of benzene rings is 1. The second-order valence-corrected chi connectivity index (χ2v) is 8.25. The maximum Gasteiger partial charge on any atom is 0.253 e. The molecule has 2 aliphatic heterocycles. The Kier molecular flexibility index (Phi) is 4.69.